The Balaban J connectivity index is 1.72. The molecule has 0 bridgehead atoms. The number of methoxy groups -OCH3 is 1. The molecular weight excluding hydrogens is 482 g/mol. The number of carboxylic acids is 1. The average Bonchev–Trinajstić information content (AvgIpc) is 3.67. The second kappa shape index (κ2) is 10.5. The predicted molar refractivity (Wildman–Crippen MR) is 136 cm³/mol. The number of pyridine rings is 1. The first-order chi connectivity index (χ1) is 17.2. The molecule has 0 amide bonds. The van der Waals surface area contributed by atoms with E-state index in [9.17, 15) is 19.2 Å². The highest BCUT2D eigenvalue weighted by Crippen LogP contribution is 2.39. The van der Waals surface area contributed by atoms with Gasteiger partial charge in [0.15, 0.2) is 11.6 Å². The van der Waals surface area contributed by atoms with Crippen LogP contribution in [-0.2, 0) is 11.2 Å². The monoisotopic (exact) mass is 507 g/mol. The van der Waals surface area contributed by atoms with E-state index >= 15 is 0 Å². The normalized spacial score (nSPS) is 13.8. The zero-order chi connectivity index (χ0) is 26.0. The molecule has 2 aromatic carbocycles. The first-order valence-corrected chi connectivity index (χ1v) is 12.0. The van der Waals surface area contributed by atoms with Gasteiger partial charge >= 0.3 is 5.97 Å². The van der Waals surface area contributed by atoms with Gasteiger partial charge in [0.25, 0.3) is 5.56 Å². The molecule has 1 unspecified atom stereocenters. The van der Waals surface area contributed by atoms with Crippen molar-refractivity contribution in [2.45, 2.75) is 38.6 Å². The van der Waals surface area contributed by atoms with E-state index in [1.165, 1.54) is 43.0 Å². The summed E-state index contributed by atoms with van der Waals surface area (Å²) in [7, 11) is 1.47. The first-order valence-electron chi connectivity index (χ1n) is 11.6. The number of carbonyl (C=O) groups excluding carboxylic acids is 2. The predicted octanol–water partition coefficient (Wildman–Crippen LogP) is 5.23. The van der Waals surface area contributed by atoms with Crippen molar-refractivity contribution in [3.05, 3.63) is 86.8 Å². The largest absolute Gasteiger partial charge is 0.495 e. The zero-order valence-corrected chi connectivity index (χ0v) is 20.7. The first kappa shape index (κ1) is 25.4. The maximum absolute atomic E-state index is 13.4. The number of aromatic carboxylic acids is 1. The van der Waals surface area contributed by atoms with E-state index in [0.717, 1.165) is 12.8 Å². The van der Waals surface area contributed by atoms with Gasteiger partial charge in [0.05, 0.1) is 24.9 Å². The SMILES string of the molecule is COc1cn(C(CC2CC2)C(=O)Cc2ccc(C(=O)O)cc2)c(=O)cc1-c1cc(Cl)ccc1C(C)=O. The Morgan fingerprint density at radius 2 is 1.78 bits per heavy atom. The van der Waals surface area contributed by atoms with Gasteiger partial charge in [0.2, 0.25) is 0 Å². The number of benzene rings is 2. The standard InChI is InChI=1S/C28H26ClNO6/c1-16(31)21-10-9-20(29)13-22(21)23-14-27(33)30(15-26(23)36-2)24(11-17-3-4-17)25(32)12-18-5-7-19(8-6-18)28(34)35/h5-10,13-15,17,24H,3-4,11-12H2,1-2H3,(H,34,35). The van der Waals surface area contributed by atoms with Gasteiger partial charge in [-0.15, -0.1) is 0 Å². The summed E-state index contributed by atoms with van der Waals surface area (Å²) >= 11 is 6.19. The molecule has 0 radical (unpaired) electrons. The quantitative estimate of drug-likeness (QED) is 0.377. The molecule has 36 heavy (non-hydrogen) atoms. The van der Waals surface area contributed by atoms with Crippen molar-refractivity contribution in [2.24, 2.45) is 5.92 Å². The number of ether oxygens (including phenoxy) is 1. The van der Waals surface area contributed by atoms with E-state index in [1.54, 1.807) is 30.3 Å². The fourth-order valence-corrected chi connectivity index (χ4v) is 4.52. The highest BCUT2D eigenvalue weighted by molar-refractivity contribution is 6.31. The summed E-state index contributed by atoms with van der Waals surface area (Å²) in [6.07, 6.45) is 4.14. The average molecular weight is 508 g/mol. The fourth-order valence-electron chi connectivity index (χ4n) is 4.35. The molecule has 1 saturated carbocycles. The minimum Gasteiger partial charge on any atom is -0.495 e. The van der Waals surface area contributed by atoms with Crippen molar-refractivity contribution in [1.29, 1.82) is 0 Å². The molecule has 0 saturated heterocycles. The van der Waals surface area contributed by atoms with Crippen molar-refractivity contribution >= 4 is 29.1 Å². The van der Waals surface area contributed by atoms with E-state index in [4.69, 9.17) is 21.4 Å². The Morgan fingerprint density at radius 1 is 1.08 bits per heavy atom. The second-order valence-electron chi connectivity index (χ2n) is 9.09. The molecule has 0 spiro atoms. The summed E-state index contributed by atoms with van der Waals surface area (Å²) in [5.41, 5.74) is 1.74. The van der Waals surface area contributed by atoms with Gasteiger partial charge in [-0.2, -0.15) is 0 Å². The van der Waals surface area contributed by atoms with Crippen LogP contribution in [0.1, 0.15) is 58.5 Å². The van der Waals surface area contributed by atoms with E-state index in [0.29, 0.717) is 45.4 Å². The minimum atomic E-state index is -1.04. The lowest BCUT2D eigenvalue weighted by molar-refractivity contribution is -0.122. The molecule has 8 heteroatoms. The van der Waals surface area contributed by atoms with Gasteiger partial charge in [0, 0.05) is 28.6 Å². The minimum absolute atomic E-state index is 0.0660. The lowest BCUT2D eigenvalue weighted by Crippen LogP contribution is -2.31. The third kappa shape index (κ3) is 5.57. The highest BCUT2D eigenvalue weighted by atomic mass is 35.5. The maximum atomic E-state index is 13.4. The summed E-state index contributed by atoms with van der Waals surface area (Å²) in [5, 5.41) is 9.52. The Labute approximate surface area is 213 Å². The molecule has 1 fully saturated rings. The smallest absolute Gasteiger partial charge is 0.335 e. The molecule has 1 atom stereocenters. The van der Waals surface area contributed by atoms with Crippen molar-refractivity contribution in [3.8, 4) is 16.9 Å². The van der Waals surface area contributed by atoms with Gasteiger partial charge in [-0.25, -0.2) is 4.79 Å². The molecule has 1 aliphatic rings. The Morgan fingerprint density at radius 3 is 2.36 bits per heavy atom. The van der Waals surface area contributed by atoms with Crippen molar-refractivity contribution in [1.82, 2.24) is 4.57 Å². The maximum Gasteiger partial charge on any atom is 0.335 e. The lowest BCUT2D eigenvalue weighted by Gasteiger charge is -2.21. The molecule has 1 N–H and O–H groups in total. The number of aromatic nitrogens is 1. The number of carbonyl (C=O) groups is 3. The molecule has 1 aliphatic carbocycles. The highest BCUT2D eigenvalue weighted by Gasteiger charge is 2.31. The number of rotatable bonds is 10. The lowest BCUT2D eigenvalue weighted by atomic mass is 9.96. The zero-order valence-electron chi connectivity index (χ0n) is 20.0. The topological polar surface area (TPSA) is 103 Å². The molecule has 4 rings (SSSR count). The van der Waals surface area contributed by atoms with Crippen LogP contribution in [0.4, 0.5) is 0 Å². The molecule has 0 aliphatic heterocycles. The Bertz CT molecular complexity index is 1390. The molecule has 1 aromatic heterocycles. The van der Waals surface area contributed by atoms with Crippen molar-refractivity contribution in [3.63, 3.8) is 0 Å². The summed E-state index contributed by atoms with van der Waals surface area (Å²) in [4.78, 5) is 50.1. The number of hydrogen-bond donors (Lipinski definition) is 1. The van der Waals surface area contributed by atoms with Gasteiger partial charge in [-0.3, -0.25) is 14.4 Å². The van der Waals surface area contributed by atoms with E-state index in [1.807, 2.05) is 0 Å². The van der Waals surface area contributed by atoms with Crippen LogP contribution in [0.25, 0.3) is 11.1 Å². The van der Waals surface area contributed by atoms with E-state index < -0.39 is 12.0 Å². The fraction of sp³-hybridized carbons (Fsp3) is 0.286. The number of carboxylic acid groups (broad SMARTS) is 1. The molecule has 3 aromatic rings. The summed E-state index contributed by atoms with van der Waals surface area (Å²) in [6, 6.07) is 11.7. The van der Waals surface area contributed by atoms with Crippen LogP contribution >= 0.6 is 11.6 Å². The second-order valence-corrected chi connectivity index (χ2v) is 9.52. The number of hydrogen-bond acceptors (Lipinski definition) is 5. The van der Waals surface area contributed by atoms with Crippen LogP contribution in [0.3, 0.4) is 0 Å². The molecule has 186 valence electrons. The number of ketones is 2. The van der Waals surface area contributed by atoms with Crippen molar-refractivity contribution < 1.29 is 24.2 Å². The van der Waals surface area contributed by atoms with Crippen LogP contribution in [0.15, 0.2) is 59.5 Å². The van der Waals surface area contributed by atoms with Gasteiger partial charge in [-0.1, -0.05) is 36.6 Å². The summed E-state index contributed by atoms with van der Waals surface area (Å²) < 4.78 is 7.00. The molecule has 7 nitrogen and oxygen atoms in total. The molecule has 1 heterocycles. The van der Waals surface area contributed by atoms with Gasteiger partial charge in [-0.05, 0) is 60.7 Å². The van der Waals surface area contributed by atoms with E-state index in [-0.39, 0.29) is 29.1 Å². The van der Waals surface area contributed by atoms with Crippen LogP contribution in [-0.4, -0.2) is 34.3 Å². The van der Waals surface area contributed by atoms with Crippen molar-refractivity contribution in [2.75, 3.05) is 7.11 Å². The van der Waals surface area contributed by atoms with E-state index in [2.05, 4.69) is 0 Å². The third-order valence-corrected chi connectivity index (χ3v) is 6.69. The van der Waals surface area contributed by atoms with Crippen LogP contribution in [0.5, 0.6) is 5.75 Å². The Kier molecular flexibility index (Phi) is 7.40. The Hall–Kier alpha value is -3.71. The van der Waals surface area contributed by atoms with Gasteiger partial charge in [0.1, 0.15) is 5.75 Å². The number of nitrogens with zero attached hydrogens (tertiary/aromatic N) is 1. The van der Waals surface area contributed by atoms with Crippen LogP contribution in [0, 0.1) is 5.92 Å². The molecular formula is C28H26ClNO6. The van der Waals surface area contributed by atoms with Crippen LogP contribution in [0.2, 0.25) is 5.02 Å². The van der Waals surface area contributed by atoms with Gasteiger partial charge < -0.3 is 14.4 Å². The summed E-state index contributed by atoms with van der Waals surface area (Å²) in [5.74, 6) is -0.648. The third-order valence-electron chi connectivity index (χ3n) is 6.46. The number of Topliss-reactive ketones (excluding diaryl/α,β-unsaturated/α-hetero) is 2. The summed E-state index contributed by atoms with van der Waals surface area (Å²) in [6.45, 7) is 1.44. The van der Waals surface area contributed by atoms with Crippen LogP contribution < -0.4 is 10.3 Å². The number of halogens is 1.